The van der Waals surface area contributed by atoms with Gasteiger partial charge in [-0.25, -0.2) is 4.98 Å². The molecule has 27 heavy (non-hydrogen) atoms. The zero-order valence-electron chi connectivity index (χ0n) is 15.4. The van der Waals surface area contributed by atoms with E-state index in [1.165, 1.54) is 0 Å². The van der Waals surface area contributed by atoms with Gasteiger partial charge in [0.25, 0.3) is 0 Å². The first-order chi connectivity index (χ1) is 13.2. The number of anilines is 1. The first kappa shape index (κ1) is 17.3. The maximum absolute atomic E-state index is 12.7. The lowest BCUT2D eigenvalue weighted by Crippen LogP contribution is -2.36. The Hall–Kier alpha value is -3.09. The molecule has 7 nitrogen and oxygen atoms in total. The SMILES string of the molecule is COc1ccc(CC(=O)N2CCCN(c3ccnc4ccnn34)CC2)cc1. The number of ether oxygens (including phenoxy) is 1. The van der Waals surface area contributed by atoms with Crippen LogP contribution in [0.15, 0.2) is 48.8 Å². The zero-order valence-corrected chi connectivity index (χ0v) is 15.4. The Morgan fingerprint density at radius 3 is 2.70 bits per heavy atom. The zero-order chi connectivity index (χ0) is 18.6. The van der Waals surface area contributed by atoms with Crippen LogP contribution in [-0.4, -0.2) is 58.7 Å². The predicted molar refractivity (Wildman–Crippen MR) is 103 cm³/mol. The van der Waals surface area contributed by atoms with Crippen molar-refractivity contribution in [3.63, 3.8) is 0 Å². The van der Waals surface area contributed by atoms with Gasteiger partial charge in [-0.3, -0.25) is 4.79 Å². The van der Waals surface area contributed by atoms with Gasteiger partial charge in [-0.2, -0.15) is 9.61 Å². The van der Waals surface area contributed by atoms with Gasteiger partial charge in [-0.1, -0.05) is 12.1 Å². The van der Waals surface area contributed by atoms with Crippen LogP contribution < -0.4 is 9.64 Å². The maximum Gasteiger partial charge on any atom is 0.227 e. The predicted octanol–water partition coefficient (Wildman–Crippen LogP) is 2.02. The van der Waals surface area contributed by atoms with E-state index >= 15 is 0 Å². The first-order valence-electron chi connectivity index (χ1n) is 9.19. The molecule has 1 fully saturated rings. The van der Waals surface area contributed by atoms with Gasteiger partial charge in [0.05, 0.1) is 19.7 Å². The summed E-state index contributed by atoms with van der Waals surface area (Å²) in [6.45, 7) is 3.16. The largest absolute Gasteiger partial charge is 0.497 e. The van der Waals surface area contributed by atoms with Crippen molar-refractivity contribution >= 4 is 17.4 Å². The molecular weight excluding hydrogens is 342 g/mol. The average molecular weight is 365 g/mol. The van der Waals surface area contributed by atoms with Crippen molar-refractivity contribution < 1.29 is 9.53 Å². The Kier molecular flexibility index (Phi) is 4.91. The Balaban J connectivity index is 1.42. The van der Waals surface area contributed by atoms with Crippen LogP contribution in [0.2, 0.25) is 0 Å². The molecule has 0 aliphatic carbocycles. The lowest BCUT2D eigenvalue weighted by molar-refractivity contribution is -0.130. The standard InChI is InChI=1S/C20H23N5O2/c1-27-17-5-3-16(4-6-17)15-20(26)24-12-2-11-23(13-14-24)19-8-9-21-18-7-10-22-25(18)19/h3-10H,2,11-15H2,1H3. The van der Waals surface area contributed by atoms with E-state index < -0.39 is 0 Å². The van der Waals surface area contributed by atoms with E-state index in [0.29, 0.717) is 13.0 Å². The lowest BCUT2D eigenvalue weighted by atomic mass is 10.1. The molecule has 1 aromatic carbocycles. The summed E-state index contributed by atoms with van der Waals surface area (Å²) in [6.07, 6.45) is 4.92. The molecule has 0 bridgehead atoms. The van der Waals surface area contributed by atoms with E-state index in [1.54, 1.807) is 13.3 Å². The summed E-state index contributed by atoms with van der Waals surface area (Å²) in [5, 5.41) is 4.37. The molecule has 0 spiro atoms. The Morgan fingerprint density at radius 2 is 1.89 bits per heavy atom. The third kappa shape index (κ3) is 3.72. The van der Waals surface area contributed by atoms with Crippen LogP contribution in [0.5, 0.6) is 5.75 Å². The number of fused-ring (bicyclic) bond motifs is 1. The van der Waals surface area contributed by atoms with Crippen LogP contribution in [0.3, 0.4) is 0 Å². The summed E-state index contributed by atoms with van der Waals surface area (Å²) >= 11 is 0. The smallest absolute Gasteiger partial charge is 0.227 e. The van der Waals surface area contributed by atoms with Gasteiger partial charge in [0.15, 0.2) is 5.65 Å². The topological polar surface area (TPSA) is 63.0 Å². The van der Waals surface area contributed by atoms with E-state index in [0.717, 1.165) is 48.8 Å². The number of carbonyl (C=O) groups excluding carboxylic acids is 1. The second kappa shape index (κ2) is 7.65. The first-order valence-corrected chi connectivity index (χ1v) is 9.19. The minimum Gasteiger partial charge on any atom is -0.497 e. The van der Waals surface area contributed by atoms with Crippen LogP contribution in [0.4, 0.5) is 5.82 Å². The summed E-state index contributed by atoms with van der Waals surface area (Å²) < 4.78 is 7.03. The van der Waals surface area contributed by atoms with Gasteiger partial charge in [0, 0.05) is 38.4 Å². The minimum atomic E-state index is 0.168. The van der Waals surface area contributed by atoms with Crippen LogP contribution in [0.1, 0.15) is 12.0 Å². The summed E-state index contributed by atoms with van der Waals surface area (Å²) in [6, 6.07) is 11.6. The van der Waals surface area contributed by atoms with E-state index in [9.17, 15) is 4.79 Å². The highest BCUT2D eigenvalue weighted by molar-refractivity contribution is 5.79. The van der Waals surface area contributed by atoms with Crippen molar-refractivity contribution in [2.75, 3.05) is 38.2 Å². The highest BCUT2D eigenvalue weighted by Gasteiger charge is 2.21. The molecule has 3 heterocycles. The molecular formula is C20H23N5O2. The average Bonchev–Trinajstić information content (AvgIpc) is 3.05. The number of rotatable bonds is 4. The van der Waals surface area contributed by atoms with Crippen molar-refractivity contribution in [2.45, 2.75) is 12.8 Å². The number of methoxy groups -OCH3 is 1. The molecule has 140 valence electrons. The molecule has 7 heteroatoms. The van der Waals surface area contributed by atoms with Crippen LogP contribution >= 0.6 is 0 Å². The van der Waals surface area contributed by atoms with E-state index in [2.05, 4.69) is 15.0 Å². The number of amides is 1. The van der Waals surface area contributed by atoms with E-state index in [-0.39, 0.29) is 5.91 Å². The van der Waals surface area contributed by atoms with Crippen LogP contribution in [0.25, 0.3) is 5.65 Å². The number of nitrogens with zero attached hydrogens (tertiary/aromatic N) is 5. The summed E-state index contributed by atoms with van der Waals surface area (Å²) in [4.78, 5) is 21.3. The Morgan fingerprint density at radius 1 is 1.04 bits per heavy atom. The second-order valence-corrected chi connectivity index (χ2v) is 6.65. The third-order valence-corrected chi connectivity index (χ3v) is 4.96. The molecule has 0 unspecified atom stereocenters. The minimum absolute atomic E-state index is 0.168. The van der Waals surface area contributed by atoms with Crippen molar-refractivity contribution in [3.8, 4) is 5.75 Å². The molecule has 0 radical (unpaired) electrons. The van der Waals surface area contributed by atoms with Crippen LogP contribution in [-0.2, 0) is 11.2 Å². The van der Waals surface area contributed by atoms with Crippen LogP contribution in [0, 0.1) is 0 Å². The van der Waals surface area contributed by atoms with Gasteiger partial charge in [0.2, 0.25) is 5.91 Å². The number of hydrogen-bond donors (Lipinski definition) is 0. The highest BCUT2D eigenvalue weighted by atomic mass is 16.5. The summed E-state index contributed by atoms with van der Waals surface area (Å²) in [5.74, 6) is 1.99. The third-order valence-electron chi connectivity index (χ3n) is 4.96. The van der Waals surface area contributed by atoms with Gasteiger partial charge >= 0.3 is 0 Å². The summed E-state index contributed by atoms with van der Waals surface area (Å²) in [5.41, 5.74) is 1.85. The Labute approximate surface area is 158 Å². The number of benzene rings is 1. The maximum atomic E-state index is 12.7. The van der Waals surface area contributed by atoms with E-state index in [4.69, 9.17) is 4.74 Å². The quantitative estimate of drug-likeness (QED) is 0.708. The molecule has 4 rings (SSSR count). The van der Waals surface area contributed by atoms with E-state index in [1.807, 2.05) is 52.0 Å². The monoisotopic (exact) mass is 365 g/mol. The lowest BCUT2D eigenvalue weighted by Gasteiger charge is -2.24. The molecule has 1 amide bonds. The molecule has 2 aromatic heterocycles. The van der Waals surface area contributed by atoms with Gasteiger partial charge in [0.1, 0.15) is 11.6 Å². The van der Waals surface area contributed by atoms with Crippen molar-refractivity contribution in [3.05, 3.63) is 54.4 Å². The Bertz CT molecular complexity index is 922. The second-order valence-electron chi connectivity index (χ2n) is 6.65. The molecule has 0 saturated carbocycles. The van der Waals surface area contributed by atoms with Gasteiger partial charge < -0.3 is 14.5 Å². The molecule has 0 N–H and O–H groups in total. The fourth-order valence-electron chi connectivity index (χ4n) is 3.49. The molecule has 3 aromatic rings. The molecule has 0 atom stereocenters. The number of carbonyl (C=O) groups is 1. The van der Waals surface area contributed by atoms with Crippen molar-refractivity contribution in [1.82, 2.24) is 19.5 Å². The summed E-state index contributed by atoms with van der Waals surface area (Å²) in [7, 11) is 1.64. The molecule has 1 aliphatic rings. The van der Waals surface area contributed by atoms with Crippen molar-refractivity contribution in [2.24, 2.45) is 0 Å². The number of aromatic nitrogens is 3. The highest BCUT2D eigenvalue weighted by Crippen LogP contribution is 2.18. The fraction of sp³-hybridized carbons (Fsp3) is 0.350. The van der Waals surface area contributed by atoms with Gasteiger partial charge in [-0.05, 0) is 30.2 Å². The molecule has 1 saturated heterocycles. The molecule has 1 aliphatic heterocycles. The number of hydrogen-bond acceptors (Lipinski definition) is 5. The normalized spacial score (nSPS) is 15.0. The fourth-order valence-corrected chi connectivity index (χ4v) is 3.49. The van der Waals surface area contributed by atoms with Gasteiger partial charge in [-0.15, -0.1) is 0 Å². The van der Waals surface area contributed by atoms with Crippen molar-refractivity contribution in [1.29, 1.82) is 0 Å².